The van der Waals surface area contributed by atoms with E-state index in [-0.39, 0.29) is 5.91 Å². The van der Waals surface area contributed by atoms with E-state index >= 15 is 0 Å². The van der Waals surface area contributed by atoms with Crippen molar-refractivity contribution in [1.29, 1.82) is 0 Å². The Kier molecular flexibility index (Phi) is 4.39. The molecule has 112 valence electrons. The Morgan fingerprint density at radius 1 is 1.14 bits per heavy atom. The highest BCUT2D eigenvalue weighted by Crippen LogP contribution is 2.35. The van der Waals surface area contributed by atoms with Gasteiger partial charge in [0.05, 0.1) is 19.2 Å². The van der Waals surface area contributed by atoms with Gasteiger partial charge in [-0.1, -0.05) is 11.6 Å². The summed E-state index contributed by atoms with van der Waals surface area (Å²) in [6.45, 7) is 0. The van der Waals surface area contributed by atoms with E-state index in [1.54, 1.807) is 44.3 Å². The van der Waals surface area contributed by atoms with Crippen molar-refractivity contribution in [2.75, 3.05) is 28.3 Å². The number of carbonyl (C=O) groups is 1. The van der Waals surface area contributed by atoms with Crippen molar-refractivity contribution < 1.29 is 14.3 Å². The van der Waals surface area contributed by atoms with Gasteiger partial charge < -0.3 is 14.4 Å². The van der Waals surface area contributed by atoms with Crippen molar-refractivity contribution in [2.45, 2.75) is 0 Å². The Labute approximate surface area is 133 Å². The van der Waals surface area contributed by atoms with Crippen molar-refractivity contribution in [3.63, 3.8) is 0 Å². The fourth-order valence-corrected chi connectivity index (χ4v) is 2.41. The summed E-state index contributed by atoms with van der Waals surface area (Å²) in [4.78, 5) is 15.2. The fraction of sp³-hybridized carbons (Fsp3) is 0.286. The van der Waals surface area contributed by atoms with Gasteiger partial charge in [-0.25, -0.2) is 0 Å². The Hall–Kier alpha value is -1.79. The Balaban J connectivity index is 2.50. The molecule has 0 spiro atoms. The number of likely N-dealkylation sites (N-methyl/N-ethyl adjacent to an activating group) is 2. The van der Waals surface area contributed by atoms with Gasteiger partial charge in [0.25, 0.3) is 5.91 Å². The summed E-state index contributed by atoms with van der Waals surface area (Å²) in [5.41, 5.74) is 1.11. The molecule has 1 amide bonds. The second-order valence-corrected chi connectivity index (χ2v) is 5.24. The number of hydrogen-bond acceptors (Lipinski definition) is 4. The number of hydrogen-bond donors (Lipinski definition) is 0. The summed E-state index contributed by atoms with van der Waals surface area (Å²) in [7, 11) is 6.45. The average molecular weight is 327 g/mol. The highest BCUT2D eigenvalue weighted by molar-refractivity contribution is 7.80. The normalized spacial score (nSPS) is 16.9. The van der Waals surface area contributed by atoms with Crippen LogP contribution in [0.4, 0.5) is 0 Å². The monoisotopic (exact) mass is 326 g/mol. The van der Waals surface area contributed by atoms with Crippen molar-refractivity contribution in [2.24, 2.45) is 0 Å². The fourth-order valence-electron chi connectivity index (χ4n) is 2.02. The molecular formula is C14H15ClN2O3S. The number of nitrogens with zero attached hydrogens (tertiary/aromatic N) is 2. The Morgan fingerprint density at radius 3 is 2.19 bits per heavy atom. The van der Waals surface area contributed by atoms with E-state index in [0.29, 0.717) is 32.9 Å². The molecule has 0 bridgehead atoms. The van der Waals surface area contributed by atoms with Crippen molar-refractivity contribution >= 4 is 40.9 Å². The van der Waals surface area contributed by atoms with E-state index in [0.717, 1.165) is 0 Å². The first-order valence-corrected chi connectivity index (χ1v) is 6.88. The molecule has 0 unspecified atom stereocenters. The molecule has 1 saturated heterocycles. The molecule has 1 fully saturated rings. The zero-order valence-electron chi connectivity index (χ0n) is 12.1. The summed E-state index contributed by atoms with van der Waals surface area (Å²) in [5.74, 6) is 0.898. The highest BCUT2D eigenvalue weighted by Gasteiger charge is 2.32. The minimum Gasteiger partial charge on any atom is -0.493 e. The molecule has 1 aliphatic heterocycles. The maximum absolute atomic E-state index is 12.1. The Bertz CT molecular complexity index is 645. The lowest BCUT2D eigenvalue weighted by molar-refractivity contribution is -0.121. The molecule has 21 heavy (non-hydrogen) atoms. The van der Waals surface area contributed by atoms with Gasteiger partial charge in [-0.15, -0.1) is 0 Å². The van der Waals surface area contributed by atoms with Crippen LogP contribution in [-0.2, 0) is 4.79 Å². The topological polar surface area (TPSA) is 42.0 Å². The molecule has 5 nitrogen and oxygen atoms in total. The molecular weight excluding hydrogens is 312 g/mol. The smallest absolute Gasteiger partial charge is 0.276 e. The van der Waals surface area contributed by atoms with Gasteiger partial charge in [-0.3, -0.25) is 9.69 Å². The van der Waals surface area contributed by atoms with Crippen LogP contribution in [0.5, 0.6) is 11.5 Å². The molecule has 2 rings (SSSR count). The van der Waals surface area contributed by atoms with Crippen molar-refractivity contribution in [1.82, 2.24) is 9.80 Å². The third-order valence-electron chi connectivity index (χ3n) is 3.25. The number of thiocarbonyl (C=S) groups is 1. The molecule has 1 aromatic carbocycles. The molecule has 0 N–H and O–H groups in total. The number of ether oxygens (including phenoxy) is 2. The van der Waals surface area contributed by atoms with Crippen molar-refractivity contribution in [3.8, 4) is 11.5 Å². The van der Waals surface area contributed by atoms with Crippen LogP contribution in [0.3, 0.4) is 0 Å². The average Bonchev–Trinajstić information content (AvgIpc) is 2.66. The first-order chi connectivity index (χ1) is 9.90. The number of halogens is 1. The van der Waals surface area contributed by atoms with Gasteiger partial charge in [-0.2, -0.15) is 0 Å². The van der Waals surface area contributed by atoms with Crippen LogP contribution in [0, 0.1) is 0 Å². The molecule has 1 aromatic rings. The van der Waals surface area contributed by atoms with E-state index in [9.17, 15) is 4.79 Å². The number of rotatable bonds is 3. The maximum atomic E-state index is 12.1. The molecule has 0 aromatic heterocycles. The van der Waals surface area contributed by atoms with Crippen molar-refractivity contribution in [3.05, 3.63) is 28.4 Å². The van der Waals surface area contributed by atoms with Gasteiger partial charge in [0.15, 0.2) is 16.6 Å². The lowest BCUT2D eigenvalue weighted by Crippen LogP contribution is -2.26. The number of amides is 1. The largest absolute Gasteiger partial charge is 0.493 e. The lowest BCUT2D eigenvalue weighted by Gasteiger charge is -2.12. The predicted octanol–water partition coefficient (Wildman–Crippen LogP) is 2.39. The van der Waals surface area contributed by atoms with Gasteiger partial charge in [0.1, 0.15) is 5.70 Å². The zero-order valence-corrected chi connectivity index (χ0v) is 13.7. The second kappa shape index (κ2) is 5.91. The van der Waals surface area contributed by atoms with Crippen LogP contribution in [0.2, 0.25) is 5.02 Å². The summed E-state index contributed by atoms with van der Waals surface area (Å²) < 4.78 is 10.4. The van der Waals surface area contributed by atoms with Crippen LogP contribution in [0.15, 0.2) is 17.8 Å². The van der Waals surface area contributed by atoms with Gasteiger partial charge in [0, 0.05) is 20.2 Å². The molecule has 0 atom stereocenters. The molecule has 0 aliphatic carbocycles. The van der Waals surface area contributed by atoms with E-state index in [2.05, 4.69) is 0 Å². The van der Waals surface area contributed by atoms with Gasteiger partial charge in [0.2, 0.25) is 0 Å². The third-order valence-corrected chi connectivity index (χ3v) is 4.13. The van der Waals surface area contributed by atoms with Crippen LogP contribution in [0.25, 0.3) is 6.08 Å². The summed E-state index contributed by atoms with van der Waals surface area (Å²) in [6, 6.07) is 3.37. The molecule has 0 saturated carbocycles. The number of carbonyl (C=O) groups excluding carboxylic acids is 1. The van der Waals surface area contributed by atoms with E-state index in [1.807, 2.05) is 0 Å². The van der Waals surface area contributed by atoms with E-state index < -0.39 is 0 Å². The first kappa shape index (κ1) is 15.6. The number of methoxy groups -OCH3 is 2. The molecule has 0 radical (unpaired) electrons. The van der Waals surface area contributed by atoms with Crippen LogP contribution in [-0.4, -0.2) is 49.1 Å². The predicted molar refractivity (Wildman–Crippen MR) is 85.7 cm³/mol. The minimum atomic E-state index is -0.173. The molecule has 1 heterocycles. The summed E-state index contributed by atoms with van der Waals surface area (Å²) >= 11 is 11.4. The lowest BCUT2D eigenvalue weighted by atomic mass is 10.1. The maximum Gasteiger partial charge on any atom is 0.276 e. The number of benzene rings is 1. The third kappa shape index (κ3) is 2.69. The second-order valence-electron chi connectivity index (χ2n) is 4.46. The van der Waals surface area contributed by atoms with E-state index in [1.165, 1.54) is 12.0 Å². The SMILES string of the molecule is COc1cc(Cl)c(/C=C2/C(=O)N(C)C(=S)N2C)cc1OC. The van der Waals surface area contributed by atoms with Crippen LogP contribution >= 0.6 is 23.8 Å². The zero-order chi connectivity index (χ0) is 15.7. The molecule has 1 aliphatic rings. The van der Waals surface area contributed by atoms with Gasteiger partial charge in [-0.05, 0) is 29.9 Å². The van der Waals surface area contributed by atoms with Crippen LogP contribution in [0.1, 0.15) is 5.56 Å². The van der Waals surface area contributed by atoms with Crippen LogP contribution < -0.4 is 9.47 Å². The minimum absolute atomic E-state index is 0.173. The Morgan fingerprint density at radius 2 is 1.71 bits per heavy atom. The molecule has 7 heteroatoms. The highest BCUT2D eigenvalue weighted by atomic mass is 35.5. The van der Waals surface area contributed by atoms with E-state index in [4.69, 9.17) is 33.3 Å². The van der Waals surface area contributed by atoms with Gasteiger partial charge >= 0.3 is 0 Å². The quantitative estimate of drug-likeness (QED) is 0.630. The summed E-state index contributed by atoms with van der Waals surface area (Å²) in [5, 5.41) is 0.907. The summed E-state index contributed by atoms with van der Waals surface area (Å²) in [6.07, 6.45) is 1.68. The standard InChI is InChI=1S/C14H15ClN2O3S/c1-16-10(13(18)17(2)14(16)21)5-8-6-11(19-3)12(20-4)7-9(8)15/h5-7H,1-4H3/b10-5-. The first-order valence-electron chi connectivity index (χ1n) is 6.09.